The highest BCUT2D eigenvalue weighted by Crippen LogP contribution is 2.49. The molecular formula is C12H19O6P. The molecule has 1 aromatic rings. The van der Waals surface area contributed by atoms with Gasteiger partial charge in [0, 0.05) is 18.8 Å². The topological polar surface area (TPSA) is 96.2 Å². The molecule has 0 unspecified atom stereocenters. The van der Waals surface area contributed by atoms with Crippen LogP contribution < -0.4 is 0 Å². The van der Waals surface area contributed by atoms with Crippen LogP contribution in [0.3, 0.4) is 0 Å². The van der Waals surface area contributed by atoms with E-state index in [0.29, 0.717) is 13.2 Å². The third kappa shape index (κ3) is 4.69. The molecule has 0 spiro atoms. The Morgan fingerprint density at radius 2 is 1.47 bits per heavy atom. The van der Waals surface area contributed by atoms with Gasteiger partial charge in [-0.2, -0.15) is 0 Å². The highest BCUT2D eigenvalue weighted by Gasteiger charge is 2.28. The van der Waals surface area contributed by atoms with Gasteiger partial charge in [0.25, 0.3) is 0 Å². The molecule has 19 heavy (non-hydrogen) atoms. The van der Waals surface area contributed by atoms with Crippen molar-refractivity contribution in [1.82, 2.24) is 0 Å². The standard InChI is InChI=1S/C12H19O6P/c1-3-17-12(18-4-2)10-7-5-9(6-8-10)11(13)19(14,15)16/h5-8,11-13H,3-4H2,1-2H3,(H2,14,15,16)/t11-/m0/s1. The summed E-state index contributed by atoms with van der Waals surface area (Å²) < 4.78 is 21.7. The van der Waals surface area contributed by atoms with Gasteiger partial charge in [-0.05, 0) is 19.4 Å². The largest absolute Gasteiger partial charge is 0.376 e. The molecule has 0 saturated carbocycles. The summed E-state index contributed by atoms with van der Waals surface area (Å²) >= 11 is 0. The van der Waals surface area contributed by atoms with E-state index in [1.54, 1.807) is 12.1 Å². The van der Waals surface area contributed by atoms with Crippen molar-refractivity contribution >= 4 is 7.60 Å². The fourth-order valence-corrected chi connectivity index (χ4v) is 2.12. The van der Waals surface area contributed by atoms with Gasteiger partial charge in [-0.3, -0.25) is 4.57 Å². The summed E-state index contributed by atoms with van der Waals surface area (Å²) in [5.74, 6) is -1.81. The molecule has 0 heterocycles. The van der Waals surface area contributed by atoms with Crippen LogP contribution in [0.1, 0.15) is 37.1 Å². The molecule has 0 amide bonds. The number of aliphatic hydroxyl groups excluding tert-OH is 1. The van der Waals surface area contributed by atoms with Gasteiger partial charge in [0.2, 0.25) is 0 Å². The predicted octanol–water partition coefficient (Wildman–Crippen LogP) is 1.93. The van der Waals surface area contributed by atoms with Gasteiger partial charge in [-0.15, -0.1) is 0 Å². The first kappa shape index (κ1) is 16.3. The quantitative estimate of drug-likeness (QED) is 0.524. The van der Waals surface area contributed by atoms with Gasteiger partial charge >= 0.3 is 7.60 Å². The Morgan fingerprint density at radius 3 is 1.84 bits per heavy atom. The Hall–Kier alpha value is -0.750. The van der Waals surface area contributed by atoms with Crippen molar-refractivity contribution in [3.05, 3.63) is 35.4 Å². The summed E-state index contributed by atoms with van der Waals surface area (Å²) in [7, 11) is -4.55. The molecule has 0 bridgehead atoms. The molecule has 0 radical (unpaired) electrons. The Morgan fingerprint density at radius 1 is 1.05 bits per heavy atom. The van der Waals surface area contributed by atoms with E-state index in [4.69, 9.17) is 19.3 Å². The van der Waals surface area contributed by atoms with Crippen molar-refractivity contribution in [2.75, 3.05) is 13.2 Å². The molecule has 6 nitrogen and oxygen atoms in total. The second-order valence-electron chi connectivity index (χ2n) is 3.87. The molecule has 0 aliphatic rings. The second kappa shape index (κ2) is 7.14. The van der Waals surface area contributed by atoms with E-state index in [-0.39, 0.29) is 5.56 Å². The lowest BCUT2D eigenvalue weighted by Gasteiger charge is -2.18. The maximum atomic E-state index is 11.0. The molecule has 0 aliphatic heterocycles. The fourth-order valence-electron chi connectivity index (χ4n) is 1.56. The molecule has 1 atom stereocenters. The zero-order chi connectivity index (χ0) is 14.5. The Labute approximate surface area is 112 Å². The molecule has 7 heteroatoms. The molecule has 1 aromatic carbocycles. The van der Waals surface area contributed by atoms with E-state index in [1.807, 2.05) is 13.8 Å². The third-order valence-corrected chi connectivity index (χ3v) is 3.40. The van der Waals surface area contributed by atoms with Crippen molar-refractivity contribution in [2.45, 2.75) is 26.0 Å². The van der Waals surface area contributed by atoms with Crippen LogP contribution in [0.15, 0.2) is 24.3 Å². The molecule has 0 aliphatic carbocycles. The summed E-state index contributed by atoms with van der Waals surface area (Å²) in [5, 5.41) is 9.47. The number of hydrogen-bond donors (Lipinski definition) is 3. The normalized spacial score (nSPS) is 13.8. The molecular weight excluding hydrogens is 271 g/mol. The summed E-state index contributed by atoms with van der Waals surface area (Å²) in [6.07, 6.45) is -0.517. The van der Waals surface area contributed by atoms with Crippen molar-refractivity contribution < 1.29 is 28.9 Å². The van der Waals surface area contributed by atoms with Crippen LogP contribution in [0.25, 0.3) is 0 Å². The van der Waals surface area contributed by atoms with Crippen molar-refractivity contribution in [1.29, 1.82) is 0 Å². The summed E-state index contributed by atoms with van der Waals surface area (Å²) in [5.41, 5.74) is 0.884. The zero-order valence-electron chi connectivity index (χ0n) is 10.9. The second-order valence-corrected chi connectivity index (χ2v) is 5.54. The fraction of sp³-hybridized carbons (Fsp3) is 0.500. The first-order valence-corrected chi connectivity index (χ1v) is 7.64. The van der Waals surface area contributed by atoms with Crippen LogP contribution >= 0.6 is 7.60 Å². The van der Waals surface area contributed by atoms with Gasteiger partial charge in [-0.25, -0.2) is 0 Å². The van der Waals surface area contributed by atoms with E-state index in [0.717, 1.165) is 5.56 Å². The molecule has 1 rings (SSSR count). The van der Waals surface area contributed by atoms with Crippen LogP contribution in [-0.4, -0.2) is 28.1 Å². The van der Waals surface area contributed by atoms with Gasteiger partial charge in [0.15, 0.2) is 12.1 Å². The smallest absolute Gasteiger partial charge is 0.358 e. The maximum Gasteiger partial charge on any atom is 0.358 e. The minimum atomic E-state index is -4.55. The summed E-state index contributed by atoms with van der Waals surface area (Å²) in [6, 6.07) is 6.13. The Kier molecular flexibility index (Phi) is 6.13. The predicted molar refractivity (Wildman–Crippen MR) is 69.4 cm³/mol. The minimum Gasteiger partial charge on any atom is -0.376 e. The lowest BCUT2D eigenvalue weighted by Crippen LogP contribution is -2.09. The van der Waals surface area contributed by atoms with Crippen LogP contribution in [0.5, 0.6) is 0 Å². The van der Waals surface area contributed by atoms with Crippen LogP contribution in [0, 0.1) is 0 Å². The average molecular weight is 290 g/mol. The van der Waals surface area contributed by atoms with Gasteiger partial charge in [0.05, 0.1) is 0 Å². The van der Waals surface area contributed by atoms with Crippen LogP contribution in [0.4, 0.5) is 0 Å². The minimum absolute atomic E-state index is 0.156. The zero-order valence-corrected chi connectivity index (χ0v) is 11.8. The van der Waals surface area contributed by atoms with E-state index in [2.05, 4.69) is 0 Å². The van der Waals surface area contributed by atoms with Crippen molar-refractivity contribution in [2.24, 2.45) is 0 Å². The highest BCUT2D eigenvalue weighted by molar-refractivity contribution is 7.51. The number of rotatable bonds is 7. The number of benzene rings is 1. The van der Waals surface area contributed by atoms with Crippen LogP contribution in [-0.2, 0) is 14.0 Å². The SMILES string of the molecule is CCOC(OCC)c1ccc([C@@H](O)P(=O)(O)O)cc1. The molecule has 108 valence electrons. The maximum absolute atomic E-state index is 11.0. The van der Waals surface area contributed by atoms with E-state index in [9.17, 15) is 9.67 Å². The first-order chi connectivity index (χ1) is 8.90. The van der Waals surface area contributed by atoms with Crippen molar-refractivity contribution in [3.8, 4) is 0 Å². The van der Waals surface area contributed by atoms with E-state index in [1.165, 1.54) is 12.1 Å². The van der Waals surface area contributed by atoms with E-state index >= 15 is 0 Å². The highest BCUT2D eigenvalue weighted by atomic mass is 31.2. The van der Waals surface area contributed by atoms with E-state index < -0.39 is 19.7 Å². The molecule has 0 saturated heterocycles. The molecule has 3 N–H and O–H groups in total. The number of hydrogen-bond acceptors (Lipinski definition) is 4. The first-order valence-electron chi connectivity index (χ1n) is 5.96. The Bertz CT molecular complexity index is 420. The van der Waals surface area contributed by atoms with Crippen LogP contribution in [0.2, 0.25) is 0 Å². The molecule has 0 aromatic heterocycles. The summed E-state index contributed by atoms with van der Waals surface area (Å²) in [4.78, 5) is 17.8. The van der Waals surface area contributed by atoms with Gasteiger partial charge in [-0.1, -0.05) is 24.3 Å². The summed E-state index contributed by atoms with van der Waals surface area (Å²) in [6.45, 7) is 4.66. The van der Waals surface area contributed by atoms with Gasteiger partial charge in [0.1, 0.15) is 0 Å². The average Bonchev–Trinajstić information content (AvgIpc) is 2.37. The third-order valence-electron chi connectivity index (χ3n) is 2.46. The lowest BCUT2D eigenvalue weighted by molar-refractivity contribution is -0.140. The number of aliphatic hydroxyl groups is 1. The molecule has 0 fully saturated rings. The Balaban J connectivity index is 2.88. The monoisotopic (exact) mass is 290 g/mol. The lowest BCUT2D eigenvalue weighted by atomic mass is 10.1. The number of ether oxygens (including phenoxy) is 2. The van der Waals surface area contributed by atoms with Crippen molar-refractivity contribution in [3.63, 3.8) is 0 Å². The van der Waals surface area contributed by atoms with Gasteiger partial charge < -0.3 is 24.4 Å².